The molecule has 0 spiro atoms. The third-order valence-corrected chi connectivity index (χ3v) is 6.07. The molecular formula is C23H38N4. The van der Waals surface area contributed by atoms with Gasteiger partial charge in [-0.05, 0) is 70.4 Å². The predicted octanol–water partition coefficient (Wildman–Crippen LogP) is 3.64. The first kappa shape index (κ1) is 20.2. The number of likely N-dealkylation sites (tertiary alicyclic amines) is 2. The van der Waals surface area contributed by atoms with Crippen LogP contribution in [0.1, 0.15) is 45.6 Å². The van der Waals surface area contributed by atoms with E-state index in [0.29, 0.717) is 12.0 Å². The second kappa shape index (κ2) is 10.1. The molecule has 4 heteroatoms. The number of guanidine groups is 1. The predicted molar refractivity (Wildman–Crippen MR) is 115 cm³/mol. The van der Waals surface area contributed by atoms with Gasteiger partial charge in [0.1, 0.15) is 0 Å². The van der Waals surface area contributed by atoms with E-state index in [9.17, 15) is 0 Å². The molecule has 1 aromatic rings. The van der Waals surface area contributed by atoms with Gasteiger partial charge in [0.2, 0.25) is 0 Å². The highest BCUT2D eigenvalue weighted by Crippen LogP contribution is 2.22. The zero-order chi connectivity index (χ0) is 19.1. The first-order valence-corrected chi connectivity index (χ1v) is 11.0. The van der Waals surface area contributed by atoms with Crippen molar-refractivity contribution in [2.45, 2.75) is 52.5 Å². The summed E-state index contributed by atoms with van der Waals surface area (Å²) in [4.78, 5) is 10.2. The molecule has 2 unspecified atom stereocenters. The van der Waals surface area contributed by atoms with Crippen molar-refractivity contribution in [1.82, 2.24) is 15.1 Å². The third-order valence-electron chi connectivity index (χ3n) is 6.07. The van der Waals surface area contributed by atoms with E-state index in [0.717, 1.165) is 38.1 Å². The van der Waals surface area contributed by atoms with Crippen LogP contribution in [-0.4, -0.2) is 61.1 Å². The second-order valence-electron chi connectivity index (χ2n) is 8.58. The lowest BCUT2D eigenvalue weighted by molar-refractivity contribution is 0.143. The monoisotopic (exact) mass is 370 g/mol. The number of benzene rings is 1. The van der Waals surface area contributed by atoms with Gasteiger partial charge in [-0.15, -0.1) is 0 Å². The molecule has 0 saturated carbocycles. The van der Waals surface area contributed by atoms with Crippen molar-refractivity contribution in [3.63, 3.8) is 0 Å². The number of nitrogens with one attached hydrogen (secondary N) is 1. The SMILES string of the molecule is CCNC(=NCC1CCCN(C(C)C)C1)N1CCC(Cc2ccccc2)C1. The van der Waals surface area contributed by atoms with Crippen LogP contribution < -0.4 is 5.32 Å². The van der Waals surface area contributed by atoms with Crippen molar-refractivity contribution in [2.24, 2.45) is 16.8 Å². The quantitative estimate of drug-likeness (QED) is 0.613. The summed E-state index contributed by atoms with van der Waals surface area (Å²) < 4.78 is 0. The molecule has 1 aromatic carbocycles. The Balaban J connectivity index is 1.54. The Morgan fingerprint density at radius 3 is 2.67 bits per heavy atom. The summed E-state index contributed by atoms with van der Waals surface area (Å²) >= 11 is 0. The molecule has 2 aliphatic rings. The number of hydrogen-bond donors (Lipinski definition) is 1. The highest BCUT2D eigenvalue weighted by molar-refractivity contribution is 5.80. The molecule has 0 aromatic heterocycles. The first-order chi connectivity index (χ1) is 13.2. The number of piperidine rings is 1. The Morgan fingerprint density at radius 1 is 1.11 bits per heavy atom. The second-order valence-corrected chi connectivity index (χ2v) is 8.58. The van der Waals surface area contributed by atoms with Crippen LogP contribution in [0.4, 0.5) is 0 Å². The largest absolute Gasteiger partial charge is 0.357 e. The summed E-state index contributed by atoms with van der Waals surface area (Å²) in [6.45, 7) is 13.4. The highest BCUT2D eigenvalue weighted by Gasteiger charge is 2.26. The molecule has 3 rings (SSSR count). The molecule has 0 bridgehead atoms. The van der Waals surface area contributed by atoms with Crippen molar-refractivity contribution in [3.8, 4) is 0 Å². The van der Waals surface area contributed by atoms with E-state index < -0.39 is 0 Å². The van der Waals surface area contributed by atoms with Gasteiger partial charge < -0.3 is 15.1 Å². The molecule has 2 fully saturated rings. The van der Waals surface area contributed by atoms with Crippen LogP contribution in [0, 0.1) is 11.8 Å². The summed E-state index contributed by atoms with van der Waals surface area (Å²) in [5, 5.41) is 3.54. The van der Waals surface area contributed by atoms with Gasteiger partial charge in [0, 0.05) is 38.8 Å². The van der Waals surface area contributed by atoms with Crippen LogP contribution in [-0.2, 0) is 6.42 Å². The minimum Gasteiger partial charge on any atom is -0.357 e. The van der Waals surface area contributed by atoms with E-state index in [-0.39, 0.29) is 0 Å². The maximum Gasteiger partial charge on any atom is 0.193 e. The van der Waals surface area contributed by atoms with Crippen molar-refractivity contribution in [2.75, 3.05) is 39.3 Å². The van der Waals surface area contributed by atoms with Gasteiger partial charge in [-0.25, -0.2) is 0 Å². The van der Waals surface area contributed by atoms with Gasteiger partial charge in [-0.2, -0.15) is 0 Å². The number of hydrogen-bond acceptors (Lipinski definition) is 2. The van der Waals surface area contributed by atoms with Gasteiger partial charge >= 0.3 is 0 Å². The Morgan fingerprint density at radius 2 is 1.93 bits per heavy atom. The van der Waals surface area contributed by atoms with Crippen LogP contribution in [0.15, 0.2) is 35.3 Å². The van der Waals surface area contributed by atoms with E-state index in [2.05, 4.69) is 66.2 Å². The summed E-state index contributed by atoms with van der Waals surface area (Å²) in [5.41, 5.74) is 1.46. The normalized spacial score (nSPS) is 24.6. The molecule has 2 atom stereocenters. The van der Waals surface area contributed by atoms with Gasteiger partial charge in [0.05, 0.1) is 0 Å². The average Bonchev–Trinajstić information content (AvgIpc) is 3.14. The summed E-state index contributed by atoms with van der Waals surface area (Å²) in [6.07, 6.45) is 5.09. The number of aliphatic imine (C=N–C) groups is 1. The fourth-order valence-corrected chi connectivity index (χ4v) is 4.50. The van der Waals surface area contributed by atoms with Gasteiger partial charge in [-0.3, -0.25) is 4.99 Å². The Hall–Kier alpha value is -1.55. The molecule has 0 amide bonds. The summed E-state index contributed by atoms with van der Waals surface area (Å²) in [6, 6.07) is 11.6. The minimum atomic E-state index is 0.655. The molecule has 2 aliphatic heterocycles. The van der Waals surface area contributed by atoms with E-state index in [4.69, 9.17) is 4.99 Å². The van der Waals surface area contributed by atoms with Crippen LogP contribution >= 0.6 is 0 Å². The molecule has 0 radical (unpaired) electrons. The number of nitrogens with zero attached hydrogens (tertiary/aromatic N) is 3. The lowest BCUT2D eigenvalue weighted by Gasteiger charge is -2.35. The molecule has 1 N–H and O–H groups in total. The summed E-state index contributed by atoms with van der Waals surface area (Å²) in [7, 11) is 0. The van der Waals surface area contributed by atoms with Crippen LogP contribution in [0.3, 0.4) is 0 Å². The molecular weight excluding hydrogens is 332 g/mol. The fraction of sp³-hybridized carbons (Fsp3) is 0.696. The van der Waals surface area contributed by atoms with Gasteiger partial charge in [-0.1, -0.05) is 30.3 Å². The lowest BCUT2D eigenvalue weighted by Crippen LogP contribution is -2.42. The molecule has 150 valence electrons. The fourth-order valence-electron chi connectivity index (χ4n) is 4.50. The summed E-state index contributed by atoms with van der Waals surface area (Å²) in [5.74, 6) is 2.58. The molecule has 2 saturated heterocycles. The highest BCUT2D eigenvalue weighted by atomic mass is 15.3. The minimum absolute atomic E-state index is 0.655. The molecule has 2 heterocycles. The van der Waals surface area contributed by atoms with Crippen LogP contribution in [0.5, 0.6) is 0 Å². The van der Waals surface area contributed by atoms with E-state index in [1.807, 2.05) is 0 Å². The van der Waals surface area contributed by atoms with Crippen molar-refractivity contribution >= 4 is 5.96 Å². The van der Waals surface area contributed by atoms with Crippen LogP contribution in [0.25, 0.3) is 0 Å². The van der Waals surface area contributed by atoms with Crippen LogP contribution in [0.2, 0.25) is 0 Å². The molecule has 4 nitrogen and oxygen atoms in total. The van der Waals surface area contributed by atoms with Crippen molar-refractivity contribution in [3.05, 3.63) is 35.9 Å². The maximum atomic E-state index is 5.06. The average molecular weight is 371 g/mol. The van der Waals surface area contributed by atoms with E-state index in [1.165, 1.54) is 44.3 Å². The molecule has 0 aliphatic carbocycles. The first-order valence-electron chi connectivity index (χ1n) is 11.0. The maximum absolute atomic E-state index is 5.06. The molecule has 27 heavy (non-hydrogen) atoms. The Labute approximate surface area is 166 Å². The lowest BCUT2D eigenvalue weighted by atomic mass is 9.97. The van der Waals surface area contributed by atoms with Gasteiger partial charge in [0.25, 0.3) is 0 Å². The third kappa shape index (κ3) is 5.97. The van der Waals surface area contributed by atoms with Crippen molar-refractivity contribution in [1.29, 1.82) is 0 Å². The van der Waals surface area contributed by atoms with E-state index >= 15 is 0 Å². The standard InChI is InChI=1S/C23H38N4/c1-4-24-23(25-16-22-11-8-13-26(18-22)19(2)3)27-14-12-21(17-27)15-20-9-6-5-7-10-20/h5-7,9-10,19,21-22H,4,8,11-18H2,1-3H3,(H,24,25). The zero-order valence-electron chi connectivity index (χ0n) is 17.5. The van der Waals surface area contributed by atoms with E-state index in [1.54, 1.807) is 0 Å². The Bertz CT molecular complexity index is 583. The van der Waals surface area contributed by atoms with Gasteiger partial charge in [0.15, 0.2) is 5.96 Å². The zero-order valence-corrected chi connectivity index (χ0v) is 17.5. The number of rotatable bonds is 6. The topological polar surface area (TPSA) is 30.9 Å². The smallest absolute Gasteiger partial charge is 0.193 e. The Kier molecular flexibility index (Phi) is 7.57. The van der Waals surface area contributed by atoms with Crippen molar-refractivity contribution < 1.29 is 0 Å².